The van der Waals surface area contributed by atoms with Gasteiger partial charge < -0.3 is 21.1 Å². The van der Waals surface area contributed by atoms with Gasteiger partial charge in [0.05, 0.1) is 0 Å². The molecule has 0 fully saturated rings. The van der Waals surface area contributed by atoms with Crippen LogP contribution in [0.5, 0.6) is 0 Å². The Bertz CT molecular complexity index is 203. The zero-order valence-electron chi connectivity index (χ0n) is 6.31. The number of hydrogen-bond donors (Lipinski definition) is 2. The average molecular weight is 311 g/mol. The summed E-state index contributed by atoms with van der Waals surface area (Å²) in [6, 6.07) is 0. The molecule has 6 nitrogen and oxygen atoms in total. The maximum Gasteiger partial charge on any atom is 0.183 e. The molecule has 0 aliphatic heterocycles. The fourth-order valence-corrected chi connectivity index (χ4v) is 0.348. The number of nitrogens with two attached hydrogens (primary N) is 2. The fraction of sp³-hybridized carbons (Fsp3) is 0. The zero-order valence-corrected chi connectivity index (χ0v) is 9.65. The van der Waals surface area contributed by atoms with Gasteiger partial charge in [0.15, 0.2) is 34.7 Å². The first-order valence-electron chi connectivity index (χ1n) is 2.72. The van der Waals surface area contributed by atoms with Gasteiger partial charge in [0, 0.05) is 32.9 Å². The van der Waals surface area contributed by atoms with Gasteiger partial charge in [0.1, 0.15) is 0 Å². The summed E-state index contributed by atoms with van der Waals surface area (Å²) in [5.41, 5.74) is 16.9. The minimum atomic E-state index is 0. The van der Waals surface area contributed by atoms with Gasteiger partial charge in [-0.2, -0.15) is 0 Å². The summed E-state index contributed by atoms with van der Waals surface area (Å²) in [6.07, 6.45) is 2.56. The van der Waals surface area contributed by atoms with E-state index < -0.39 is 0 Å². The summed E-state index contributed by atoms with van der Waals surface area (Å²) in [7, 11) is 0. The van der Waals surface area contributed by atoms with Crippen LogP contribution in [0.25, 0.3) is 10.9 Å². The molecule has 76 valence electrons. The Labute approximate surface area is 99.8 Å². The smallest absolute Gasteiger partial charge is 0.183 e. The molecule has 0 aliphatic rings. The van der Waals surface area contributed by atoms with Crippen molar-refractivity contribution in [3.05, 3.63) is 10.9 Å². The molecule has 0 aromatic carbocycles. The van der Waals surface area contributed by atoms with E-state index in [1.165, 1.54) is 12.4 Å². The Morgan fingerprint density at radius 3 is 1.54 bits per heavy atom. The van der Waals surface area contributed by atoms with Crippen molar-refractivity contribution in [2.24, 2.45) is 21.7 Å². The van der Waals surface area contributed by atoms with Gasteiger partial charge in [-0.15, -0.1) is 0 Å². The first-order chi connectivity index (χ1) is 5.63. The van der Waals surface area contributed by atoms with E-state index in [4.69, 9.17) is 11.5 Å². The maximum atomic E-state index is 5.05. The van der Waals surface area contributed by atoms with Crippen molar-refractivity contribution in [2.75, 3.05) is 0 Å². The Hall–Kier alpha value is -0.298. The second kappa shape index (κ2) is 9.79. The summed E-state index contributed by atoms with van der Waals surface area (Å²) in [6.45, 7) is 0. The van der Waals surface area contributed by atoms with Gasteiger partial charge in [0.25, 0.3) is 0 Å². The molecule has 0 saturated carbocycles. The third-order valence-electron chi connectivity index (χ3n) is 0.520. The first-order valence-corrected chi connectivity index (χ1v) is 3.62. The predicted octanol–water partition coefficient (Wildman–Crippen LogP) is -1.65. The molecule has 0 aromatic rings. The van der Waals surface area contributed by atoms with Gasteiger partial charge in [0.2, 0.25) is 0 Å². The topological polar surface area (TPSA) is 105 Å². The van der Waals surface area contributed by atoms with Crippen molar-refractivity contribution >= 4 is 47.1 Å². The van der Waals surface area contributed by atoms with Crippen LogP contribution in [-0.4, -0.2) is 22.7 Å². The van der Waals surface area contributed by atoms with E-state index in [1.54, 1.807) is 0 Å². The van der Waals surface area contributed by atoms with Gasteiger partial charge in [-0.1, -0.05) is 0 Å². The van der Waals surface area contributed by atoms with Crippen LogP contribution >= 0.6 is 0 Å². The minimum Gasteiger partial charge on any atom is -0.515 e. The number of rotatable bonds is 3. The molecule has 0 rings (SSSR count). The van der Waals surface area contributed by atoms with E-state index in [1.807, 2.05) is 0 Å². The Morgan fingerprint density at radius 2 is 1.31 bits per heavy atom. The molecular formula is C4H8N6PdS2. The summed E-state index contributed by atoms with van der Waals surface area (Å²) < 4.78 is 0. The monoisotopic (exact) mass is 310 g/mol. The molecule has 9 heteroatoms. The van der Waals surface area contributed by atoms with Crippen LogP contribution in [0.1, 0.15) is 0 Å². The van der Waals surface area contributed by atoms with Crippen molar-refractivity contribution in [2.45, 2.75) is 0 Å². The number of hydrogen-bond acceptors (Lipinski definition) is 2. The molecule has 0 spiro atoms. The van der Waals surface area contributed by atoms with E-state index in [9.17, 15) is 0 Å². The standard InChI is InChI=1S/C4H8N6S2.Pd/c5-3(11)9-7-1-2-8-10-4(6)12;/h1-2H,(H6,5,6,7,8,9,10,11,12);. The van der Waals surface area contributed by atoms with E-state index in [2.05, 4.69) is 45.5 Å². The minimum absolute atomic E-state index is 0. The van der Waals surface area contributed by atoms with Crippen LogP contribution in [-0.2, 0) is 44.9 Å². The van der Waals surface area contributed by atoms with Crippen molar-refractivity contribution in [3.63, 3.8) is 0 Å². The third kappa shape index (κ3) is 14.5. The Balaban J connectivity index is 0. The van der Waals surface area contributed by atoms with Gasteiger partial charge in [-0.05, 0) is 0 Å². The van der Waals surface area contributed by atoms with Crippen molar-refractivity contribution in [3.8, 4) is 0 Å². The second-order valence-electron chi connectivity index (χ2n) is 1.45. The molecule has 0 saturated heterocycles. The SMILES string of the molecule is NC(=[SH+])[N-]N=CC=N[N-]C(N)=[SH+].[Pd]. The molecule has 0 amide bonds. The average Bonchev–Trinajstić information content (AvgIpc) is 1.95. The molecule has 0 unspecified atom stereocenters. The van der Waals surface area contributed by atoms with Crippen molar-refractivity contribution in [1.82, 2.24) is 0 Å². The largest absolute Gasteiger partial charge is 0.515 e. The molecule has 0 radical (unpaired) electrons. The molecule has 0 aliphatic carbocycles. The maximum absolute atomic E-state index is 5.05. The number of thiol groups is 2. The van der Waals surface area contributed by atoms with E-state index in [0.717, 1.165) is 0 Å². The first kappa shape index (κ1) is 15.2. The fourth-order valence-electron chi connectivity index (χ4n) is 0.245. The van der Waals surface area contributed by atoms with Crippen LogP contribution in [0.15, 0.2) is 10.2 Å². The zero-order chi connectivity index (χ0) is 9.40. The van der Waals surface area contributed by atoms with Crippen molar-refractivity contribution < 1.29 is 20.4 Å². The van der Waals surface area contributed by atoms with Crippen LogP contribution in [0, 0.1) is 0 Å². The van der Waals surface area contributed by atoms with Crippen LogP contribution < -0.4 is 11.5 Å². The van der Waals surface area contributed by atoms with E-state index >= 15 is 0 Å². The van der Waals surface area contributed by atoms with Gasteiger partial charge in [-0.3, -0.25) is 11.5 Å². The molecule has 0 heterocycles. The van der Waals surface area contributed by atoms with E-state index in [0.29, 0.717) is 0 Å². The van der Waals surface area contributed by atoms with E-state index in [-0.39, 0.29) is 30.6 Å². The summed E-state index contributed by atoms with van der Waals surface area (Å²) in [5.74, 6) is 0. The molecule has 0 aromatic heterocycles. The Kier molecular flexibility index (Phi) is 11.4. The normalized spacial score (nSPS) is 9.69. The summed E-state index contributed by atoms with van der Waals surface area (Å²) in [4.78, 5) is 0. The van der Waals surface area contributed by atoms with Crippen molar-refractivity contribution in [1.29, 1.82) is 0 Å². The molecule has 13 heavy (non-hydrogen) atoms. The number of nitrogens with zero attached hydrogens (tertiary/aromatic N) is 4. The van der Waals surface area contributed by atoms with Crippen LogP contribution in [0.3, 0.4) is 0 Å². The predicted molar refractivity (Wildman–Crippen MR) is 59.6 cm³/mol. The van der Waals surface area contributed by atoms with Gasteiger partial charge in [-0.25, -0.2) is 0 Å². The molecule has 4 N–H and O–H groups in total. The van der Waals surface area contributed by atoms with Gasteiger partial charge >= 0.3 is 0 Å². The summed E-state index contributed by atoms with van der Waals surface area (Å²) in [5, 5.41) is 7.02. The Morgan fingerprint density at radius 1 is 1.00 bits per heavy atom. The molecular weight excluding hydrogens is 303 g/mol. The molecule has 0 bridgehead atoms. The second-order valence-corrected chi connectivity index (χ2v) is 2.36. The summed E-state index contributed by atoms with van der Waals surface area (Å²) >= 11 is 7.33. The molecule has 0 atom stereocenters. The third-order valence-corrected chi connectivity index (χ3v) is 0.699. The van der Waals surface area contributed by atoms with Crippen LogP contribution in [0.2, 0.25) is 0 Å². The quantitative estimate of drug-likeness (QED) is 0.163. The van der Waals surface area contributed by atoms with Crippen LogP contribution in [0.4, 0.5) is 0 Å².